The van der Waals surface area contributed by atoms with Crippen molar-refractivity contribution >= 4 is 23.4 Å². The van der Waals surface area contributed by atoms with Crippen LogP contribution in [-0.4, -0.2) is 21.9 Å². The Morgan fingerprint density at radius 3 is 3.06 bits per heavy atom. The average molecular weight is 286 g/mol. The van der Waals surface area contributed by atoms with Crippen LogP contribution in [0.1, 0.15) is 17.8 Å². The molecule has 1 aromatic heterocycles. The molecule has 0 fully saturated rings. The first-order valence-corrected chi connectivity index (χ1v) is 6.62. The summed E-state index contributed by atoms with van der Waals surface area (Å²) in [4.78, 5) is 5.13. The summed E-state index contributed by atoms with van der Waals surface area (Å²) in [5.74, 6) is 1.35. The number of nitrogens with zero attached hydrogens (tertiary/aromatic N) is 2. The smallest absolute Gasteiger partial charge is 0.245 e. The molecule has 0 bridgehead atoms. The summed E-state index contributed by atoms with van der Waals surface area (Å²) in [5, 5.41) is 13.3. The van der Waals surface area contributed by atoms with Crippen molar-refractivity contribution in [1.82, 2.24) is 10.1 Å². The maximum atomic E-state index is 8.86. The zero-order chi connectivity index (χ0) is 13.0. The van der Waals surface area contributed by atoms with Crippen LogP contribution in [0.4, 0.5) is 0 Å². The fourth-order valence-corrected chi connectivity index (χ4v) is 2.31. The summed E-state index contributed by atoms with van der Waals surface area (Å²) in [6, 6.07) is 6.90. The first kappa shape index (κ1) is 13.4. The first-order valence-electron chi connectivity index (χ1n) is 5.26. The molecular formula is C11H12ClN3O2S. The molecule has 7 heteroatoms. The van der Waals surface area contributed by atoms with Crippen LogP contribution in [-0.2, 0) is 5.75 Å². The quantitative estimate of drug-likeness (QED) is 0.818. The minimum Gasteiger partial charge on any atom is -0.394 e. The van der Waals surface area contributed by atoms with Gasteiger partial charge in [0.2, 0.25) is 5.89 Å². The lowest BCUT2D eigenvalue weighted by molar-refractivity contribution is 0.236. The molecule has 0 saturated heterocycles. The first-order chi connectivity index (χ1) is 8.69. The Labute approximate surface area is 113 Å². The van der Waals surface area contributed by atoms with Crippen LogP contribution in [0.25, 0.3) is 0 Å². The Kier molecular flexibility index (Phi) is 4.60. The van der Waals surface area contributed by atoms with E-state index in [1.165, 1.54) is 0 Å². The number of nitrogens with two attached hydrogens (primary N) is 1. The molecule has 0 aliphatic carbocycles. The third kappa shape index (κ3) is 3.46. The van der Waals surface area contributed by atoms with Gasteiger partial charge in [-0.15, -0.1) is 11.8 Å². The summed E-state index contributed by atoms with van der Waals surface area (Å²) >= 11 is 7.43. The van der Waals surface area contributed by atoms with Gasteiger partial charge in [-0.2, -0.15) is 4.98 Å². The van der Waals surface area contributed by atoms with E-state index in [1.807, 2.05) is 24.3 Å². The number of halogens is 1. The van der Waals surface area contributed by atoms with Crippen LogP contribution in [0.15, 0.2) is 33.7 Å². The molecule has 0 aliphatic heterocycles. The van der Waals surface area contributed by atoms with E-state index < -0.39 is 6.04 Å². The molecular weight excluding hydrogens is 274 g/mol. The zero-order valence-corrected chi connectivity index (χ0v) is 11.0. The molecule has 1 heterocycles. The van der Waals surface area contributed by atoms with Crippen LogP contribution >= 0.6 is 23.4 Å². The van der Waals surface area contributed by atoms with Gasteiger partial charge in [0, 0.05) is 9.92 Å². The predicted molar refractivity (Wildman–Crippen MR) is 69.3 cm³/mol. The van der Waals surface area contributed by atoms with E-state index in [-0.39, 0.29) is 12.5 Å². The molecule has 0 amide bonds. The third-order valence-corrected chi connectivity index (χ3v) is 3.39. The summed E-state index contributed by atoms with van der Waals surface area (Å²) < 4.78 is 4.94. The van der Waals surface area contributed by atoms with Crippen molar-refractivity contribution in [2.45, 2.75) is 16.7 Å². The molecule has 1 atom stereocenters. The second-order valence-electron chi connectivity index (χ2n) is 3.58. The van der Waals surface area contributed by atoms with Crippen molar-refractivity contribution < 1.29 is 9.63 Å². The van der Waals surface area contributed by atoms with Gasteiger partial charge in [-0.05, 0) is 18.2 Å². The van der Waals surface area contributed by atoms with Gasteiger partial charge < -0.3 is 15.4 Å². The maximum Gasteiger partial charge on any atom is 0.245 e. The van der Waals surface area contributed by atoms with Gasteiger partial charge in [-0.25, -0.2) is 0 Å². The Balaban J connectivity index is 1.96. The molecule has 18 heavy (non-hydrogen) atoms. The lowest BCUT2D eigenvalue weighted by atomic mass is 10.3. The normalized spacial score (nSPS) is 12.6. The lowest BCUT2D eigenvalue weighted by Gasteiger charge is -1.99. The van der Waals surface area contributed by atoms with E-state index in [4.69, 9.17) is 27.0 Å². The van der Waals surface area contributed by atoms with Crippen LogP contribution < -0.4 is 5.73 Å². The fourth-order valence-electron chi connectivity index (χ4n) is 1.26. The van der Waals surface area contributed by atoms with E-state index in [1.54, 1.807) is 11.8 Å². The molecule has 0 spiro atoms. The summed E-state index contributed by atoms with van der Waals surface area (Å²) in [6.45, 7) is -0.219. The van der Waals surface area contributed by atoms with Crippen LogP contribution in [0.3, 0.4) is 0 Å². The number of benzene rings is 1. The van der Waals surface area contributed by atoms with Crippen molar-refractivity contribution in [3.8, 4) is 0 Å². The predicted octanol–water partition coefficient (Wildman–Crippen LogP) is 2.01. The van der Waals surface area contributed by atoms with Gasteiger partial charge >= 0.3 is 0 Å². The van der Waals surface area contributed by atoms with Crippen molar-refractivity contribution in [3.63, 3.8) is 0 Å². The average Bonchev–Trinajstić information content (AvgIpc) is 2.84. The number of aliphatic hydroxyl groups excluding tert-OH is 1. The van der Waals surface area contributed by atoms with E-state index >= 15 is 0 Å². The number of thioether (sulfide) groups is 1. The highest BCUT2D eigenvalue weighted by Gasteiger charge is 2.13. The fraction of sp³-hybridized carbons (Fsp3) is 0.273. The van der Waals surface area contributed by atoms with Gasteiger partial charge in [-0.1, -0.05) is 22.8 Å². The second kappa shape index (κ2) is 6.19. The van der Waals surface area contributed by atoms with E-state index in [0.717, 1.165) is 4.90 Å². The monoisotopic (exact) mass is 285 g/mol. The van der Waals surface area contributed by atoms with Crippen LogP contribution in [0, 0.1) is 0 Å². The molecule has 0 aliphatic rings. The maximum absolute atomic E-state index is 8.86. The van der Waals surface area contributed by atoms with Crippen LogP contribution in [0.2, 0.25) is 5.02 Å². The summed E-state index contributed by atoms with van der Waals surface area (Å²) in [7, 11) is 0. The standard InChI is InChI=1S/C11H12ClN3O2S/c12-7-2-1-3-8(4-7)18-6-10-14-11(17-15-10)9(13)5-16/h1-4,9,16H,5-6,13H2. The second-order valence-corrected chi connectivity index (χ2v) is 5.07. The topological polar surface area (TPSA) is 85.2 Å². The van der Waals surface area contributed by atoms with Crippen molar-refractivity contribution in [2.24, 2.45) is 5.73 Å². The summed E-state index contributed by atoms with van der Waals surface area (Å²) in [6.07, 6.45) is 0. The molecule has 96 valence electrons. The minimum atomic E-state index is -0.623. The molecule has 0 saturated carbocycles. The SMILES string of the molecule is NC(CO)c1nc(CSc2cccc(Cl)c2)no1. The molecule has 5 nitrogen and oxygen atoms in total. The van der Waals surface area contributed by atoms with Crippen molar-refractivity contribution in [3.05, 3.63) is 41.0 Å². The van der Waals surface area contributed by atoms with E-state index in [0.29, 0.717) is 16.6 Å². The number of aliphatic hydroxyl groups is 1. The highest BCUT2D eigenvalue weighted by molar-refractivity contribution is 7.98. The Morgan fingerprint density at radius 1 is 1.50 bits per heavy atom. The van der Waals surface area contributed by atoms with Gasteiger partial charge in [0.25, 0.3) is 0 Å². The Morgan fingerprint density at radius 2 is 2.33 bits per heavy atom. The Hall–Kier alpha value is -1.08. The van der Waals surface area contributed by atoms with E-state index in [2.05, 4.69) is 10.1 Å². The van der Waals surface area contributed by atoms with Crippen LogP contribution in [0.5, 0.6) is 0 Å². The van der Waals surface area contributed by atoms with Gasteiger partial charge in [0.1, 0.15) is 6.04 Å². The number of aromatic nitrogens is 2. The van der Waals surface area contributed by atoms with Gasteiger partial charge in [0.05, 0.1) is 12.4 Å². The highest BCUT2D eigenvalue weighted by atomic mass is 35.5. The third-order valence-electron chi connectivity index (χ3n) is 2.16. The minimum absolute atomic E-state index is 0.219. The van der Waals surface area contributed by atoms with E-state index in [9.17, 15) is 0 Å². The molecule has 1 aromatic carbocycles. The molecule has 2 aromatic rings. The lowest BCUT2D eigenvalue weighted by Crippen LogP contribution is -2.14. The highest BCUT2D eigenvalue weighted by Crippen LogP contribution is 2.24. The molecule has 0 radical (unpaired) electrons. The molecule has 2 rings (SSSR count). The number of hydrogen-bond donors (Lipinski definition) is 2. The number of rotatable bonds is 5. The zero-order valence-electron chi connectivity index (χ0n) is 9.41. The number of hydrogen-bond acceptors (Lipinski definition) is 6. The Bertz CT molecular complexity index is 520. The van der Waals surface area contributed by atoms with Crippen molar-refractivity contribution in [2.75, 3.05) is 6.61 Å². The molecule has 3 N–H and O–H groups in total. The van der Waals surface area contributed by atoms with Gasteiger partial charge in [0.15, 0.2) is 5.82 Å². The summed E-state index contributed by atoms with van der Waals surface area (Å²) in [5.41, 5.74) is 5.56. The largest absolute Gasteiger partial charge is 0.394 e. The van der Waals surface area contributed by atoms with Gasteiger partial charge in [-0.3, -0.25) is 0 Å². The molecule has 1 unspecified atom stereocenters. The van der Waals surface area contributed by atoms with Crippen molar-refractivity contribution in [1.29, 1.82) is 0 Å².